The molecule has 0 bridgehead atoms. The molecule has 0 saturated carbocycles. The first kappa shape index (κ1) is 16.2. The minimum atomic E-state index is -3.53. The number of rotatable bonds is 7. The smallest absolute Gasteiger partial charge is 0.242 e. The lowest BCUT2D eigenvalue weighted by molar-refractivity contribution is 0.185. The predicted octanol–water partition coefficient (Wildman–Crippen LogP) is 1.70. The zero-order valence-electron chi connectivity index (χ0n) is 11.2. The van der Waals surface area contributed by atoms with Crippen molar-refractivity contribution in [3.05, 3.63) is 23.8 Å². The van der Waals surface area contributed by atoms with E-state index >= 15 is 0 Å². The van der Waals surface area contributed by atoms with Gasteiger partial charge in [-0.05, 0) is 18.2 Å². The molecule has 0 fully saturated rings. The van der Waals surface area contributed by atoms with Gasteiger partial charge in [0.25, 0.3) is 0 Å². The van der Waals surface area contributed by atoms with E-state index < -0.39 is 10.0 Å². The maximum Gasteiger partial charge on any atom is 0.242 e. The molecule has 1 aromatic rings. The van der Waals surface area contributed by atoms with Crippen molar-refractivity contribution in [2.24, 2.45) is 0 Å². The van der Waals surface area contributed by atoms with Gasteiger partial charge in [0.2, 0.25) is 10.0 Å². The summed E-state index contributed by atoms with van der Waals surface area (Å²) in [5.74, 6) is 0.766. The summed E-state index contributed by atoms with van der Waals surface area (Å²) in [5, 5.41) is 0. The van der Waals surface area contributed by atoms with E-state index in [1.165, 1.54) is 37.7 Å². The molecule has 7 heteroatoms. The van der Waals surface area contributed by atoms with Crippen LogP contribution in [0, 0.1) is 0 Å². The maximum atomic E-state index is 12.3. The molecule has 0 N–H and O–H groups in total. The minimum Gasteiger partial charge on any atom is -0.496 e. The summed E-state index contributed by atoms with van der Waals surface area (Å²) in [6.07, 6.45) is 0. The van der Waals surface area contributed by atoms with Crippen molar-refractivity contribution in [3.8, 4) is 5.75 Å². The van der Waals surface area contributed by atoms with Crippen LogP contribution in [0.25, 0.3) is 0 Å². The van der Waals surface area contributed by atoms with Gasteiger partial charge in [-0.25, -0.2) is 8.42 Å². The van der Waals surface area contributed by atoms with Gasteiger partial charge in [0.05, 0.1) is 24.5 Å². The molecule has 0 amide bonds. The molecule has 0 atom stereocenters. The van der Waals surface area contributed by atoms with Crippen LogP contribution in [0.1, 0.15) is 5.56 Å². The number of methoxy groups -OCH3 is 2. The summed E-state index contributed by atoms with van der Waals surface area (Å²) >= 11 is 5.79. The Morgan fingerprint density at radius 2 is 2.00 bits per heavy atom. The number of halogens is 1. The monoisotopic (exact) mass is 307 g/mol. The second-order valence-electron chi connectivity index (χ2n) is 3.93. The van der Waals surface area contributed by atoms with E-state index in [2.05, 4.69) is 0 Å². The predicted molar refractivity (Wildman–Crippen MR) is 74.2 cm³/mol. The third kappa shape index (κ3) is 3.82. The molecule has 0 aliphatic carbocycles. The average Bonchev–Trinajstić information content (AvgIpc) is 2.43. The highest BCUT2D eigenvalue weighted by Gasteiger charge is 2.21. The zero-order chi connectivity index (χ0) is 14.5. The number of sulfonamides is 1. The van der Waals surface area contributed by atoms with E-state index in [0.29, 0.717) is 24.5 Å². The van der Waals surface area contributed by atoms with Gasteiger partial charge in [-0.15, -0.1) is 11.6 Å². The third-order valence-electron chi connectivity index (χ3n) is 2.71. The first-order valence-electron chi connectivity index (χ1n) is 5.65. The summed E-state index contributed by atoms with van der Waals surface area (Å²) in [5.41, 5.74) is 0.644. The number of benzene rings is 1. The van der Waals surface area contributed by atoms with Crippen molar-refractivity contribution in [1.29, 1.82) is 0 Å². The largest absolute Gasteiger partial charge is 0.496 e. The van der Waals surface area contributed by atoms with Crippen molar-refractivity contribution in [2.45, 2.75) is 10.8 Å². The van der Waals surface area contributed by atoms with Gasteiger partial charge in [0, 0.05) is 26.3 Å². The number of alkyl halides is 1. The van der Waals surface area contributed by atoms with Crippen LogP contribution in [-0.2, 0) is 20.6 Å². The zero-order valence-corrected chi connectivity index (χ0v) is 12.8. The molecule has 1 rings (SSSR count). The van der Waals surface area contributed by atoms with Gasteiger partial charge >= 0.3 is 0 Å². The topological polar surface area (TPSA) is 55.8 Å². The number of nitrogens with zero attached hydrogens (tertiary/aromatic N) is 1. The Labute approximate surface area is 119 Å². The van der Waals surface area contributed by atoms with E-state index in [9.17, 15) is 8.42 Å². The Balaban J connectivity index is 3.08. The molecule has 0 aromatic heterocycles. The molecule has 0 spiro atoms. The first-order valence-corrected chi connectivity index (χ1v) is 7.63. The standard InChI is InChI=1S/C12H18ClNO4S/c1-14(6-7-17-2)19(15,16)11-4-5-12(18-3)10(8-11)9-13/h4-5,8H,6-7,9H2,1-3H3. The summed E-state index contributed by atoms with van der Waals surface area (Å²) < 4.78 is 35.8. The van der Waals surface area contributed by atoms with Crippen LogP contribution in [-0.4, -0.2) is 47.1 Å². The fourth-order valence-corrected chi connectivity index (χ4v) is 2.95. The maximum absolute atomic E-state index is 12.3. The molecule has 0 unspecified atom stereocenters. The van der Waals surface area contributed by atoms with Crippen LogP contribution in [0.3, 0.4) is 0 Å². The van der Waals surface area contributed by atoms with Crippen molar-refractivity contribution in [3.63, 3.8) is 0 Å². The Hall–Kier alpha value is -0.820. The number of ether oxygens (including phenoxy) is 2. The fraction of sp³-hybridized carbons (Fsp3) is 0.500. The Morgan fingerprint density at radius 1 is 1.32 bits per heavy atom. The third-order valence-corrected chi connectivity index (χ3v) is 4.86. The van der Waals surface area contributed by atoms with Crippen LogP contribution < -0.4 is 4.74 Å². The van der Waals surface area contributed by atoms with E-state index in [1.54, 1.807) is 6.07 Å². The molecule has 0 radical (unpaired) electrons. The number of hydrogen-bond donors (Lipinski definition) is 0. The molecule has 0 aliphatic heterocycles. The lowest BCUT2D eigenvalue weighted by Gasteiger charge is -2.17. The van der Waals surface area contributed by atoms with Crippen LogP contribution in [0.5, 0.6) is 5.75 Å². The second-order valence-corrected chi connectivity index (χ2v) is 6.24. The quantitative estimate of drug-likeness (QED) is 0.720. The fourth-order valence-electron chi connectivity index (χ4n) is 1.54. The van der Waals surface area contributed by atoms with Crippen molar-refractivity contribution in [1.82, 2.24) is 4.31 Å². The van der Waals surface area contributed by atoms with Gasteiger partial charge in [-0.1, -0.05) is 0 Å². The Kier molecular flexibility index (Phi) is 6.06. The molecule has 0 heterocycles. The summed E-state index contributed by atoms with van der Waals surface area (Å²) in [4.78, 5) is 0.197. The first-order chi connectivity index (χ1) is 8.97. The van der Waals surface area contributed by atoms with E-state index in [1.807, 2.05) is 0 Å². The van der Waals surface area contributed by atoms with Crippen LogP contribution in [0.2, 0.25) is 0 Å². The molecule has 0 saturated heterocycles. The molecular formula is C12H18ClNO4S. The van der Waals surface area contributed by atoms with Crippen LogP contribution in [0.15, 0.2) is 23.1 Å². The SMILES string of the molecule is COCCN(C)S(=O)(=O)c1ccc(OC)c(CCl)c1. The van der Waals surface area contributed by atoms with Gasteiger partial charge in [-0.3, -0.25) is 0 Å². The molecule has 0 aliphatic rings. The number of likely N-dealkylation sites (N-methyl/N-ethyl adjacent to an activating group) is 1. The van der Waals surface area contributed by atoms with Crippen LogP contribution >= 0.6 is 11.6 Å². The molecule has 19 heavy (non-hydrogen) atoms. The molecule has 5 nitrogen and oxygen atoms in total. The summed E-state index contributed by atoms with van der Waals surface area (Å²) in [6.45, 7) is 0.634. The van der Waals surface area contributed by atoms with Gasteiger partial charge in [-0.2, -0.15) is 4.31 Å². The lowest BCUT2D eigenvalue weighted by atomic mass is 10.2. The van der Waals surface area contributed by atoms with E-state index in [4.69, 9.17) is 21.1 Å². The highest BCUT2D eigenvalue weighted by atomic mass is 35.5. The highest BCUT2D eigenvalue weighted by Crippen LogP contribution is 2.25. The molecular weight excluding hydrogens is 290 g/mol. The lowest BCUT2D eigenvalue weighted by Crippen LogP contribution is -2.30. The van der Waals surface area contributed by atoms with Gasteiger partial charge < -0.3 is 9.47 Å². The van der Waals surface area contributed by atoms with Gasteiger partial charge in [0.15, 0.2) is 0 Å². The Bertz CT molecular complexity index is 518. The van der Waals surface area contributed by atoms with Gasteiger partial charge in [0.1, 0.15) is 5.75 Å². The minimum absolute atomic E-state index is 0.189. The molecule has 108 valence electrons. The highest BCUT2D eigenvalue weighted by molar-refractivity contribution is 7.89. The van der Waals surface area contributed by atoms with Crippen LogP contribution in [0.4, 0.5) is 0 Å². The van der Waals surface area contributed by atoms with E-state index in [0.717, 1.165) is 0 Å². The number of hydrogen-bond acceptors (Lipinski definition) is 4. The van der Waals surface area contributed by atoms with Crippen molar-refractivity contribution >= 4 is 21.6 Å². The summed E-state index contributed by atoms with van der Waals surface area (Å²) in [6, 6.07) is 4.65. The second kappa shape index (κ2) is 7.09. The van der Waals surface area contributed by atoms with Crippen molar-refractivity contribution < 1.29 is 17.9 Å². The molecule has 1 aromatic carbocycles. The van der Waals surface area contributed by atoms with Crippen molar-refractivity contribution in [2.75, 3.05) is 34.4 Å². The van der Waals surface area contributed by atoms with E-state index in [-0.39, 0.29) is 10.8 Å². The Morgan fingerprint density at radius 3 is 2.53 bits per heavy atom. The normalized spacial score (nSPS) is 11.8. The summed E-state index contributed by atoms with van der Waals surface area (Å²) in [7, 11) is 1.03. The average molecular weight is 308 g/mol.